The summed E-state index contributed by atoms with van der Waals surface area (Å²) < 4.78 is 0. The Balaban J connectivity index is 1.41. The summed E-state index contributed by atoms with van der Waals surface area (Å²) in [6.45, 7) is 6.18. The number of hydrogen-bond acceptors (Lipinski definition) is 3. The quantitative estimate of drug-likeness (QED) is 0.320. The third kappa shape index (κ3) is 4.58. The normalized spacial score (nSPS) is 23.6. The summed E-state index contributed by atoms with van der Waals surface area (Å²) in [7, 11) is 0. The van der Waals surface area contributed by atoms with E-state index in [4.69, 9.17) is 0 Å². The van der Waals surface area contributed by atoms with Crippen molar-refractivity contribution in [2.45, 2.75) is 30.8 Å². The van der Waals surface area contributed by atoms with E-state index in [0.29, 0.717) is 11.8 Å². The van der Waals surface area contributed by atoms with Crippen molar-refractivity contribution in [1.82, 2.24) is 15.2 Å². The molecule has 37 heavy (non-hydrogen) atoms. The van der Waals surface area contributed by atoms with Gasteiger partial charge in [0.1, 0.15) is 0 Å². The molecule has 3 aliphatic heterocycles. The van der Waals surface area contributed by atoms with Crippen molar-refractivity contribution < 1.29 is 4.79 Å². The van der Waals surface area contributed by atoms with Gasteiger partial charge in [-0.15, -0.1) is 6.58 Å². The molecule has 0 spiro atoms. The van der Waals surface area contributed by atoms with E-state index in [-0.39, 0.29) is 23.9 Å². The van der Waals surface area contributed by atoms with Crippen molar-refractivity contribution >= 4 is 16.8 Å². The lowest BCUT2D eigenvalue weighted by Gasteiger charge is -2.51. The number of hydrogen-bond donors (Lipinski definition) is 1. The fraction of sp³-hybridized carbons (Fsp3) is 0.273. The van der Waals surface area contributed by atoms with Crippen LogP contribution in [0.1, 0.15) is 41.5 Å². The van der Waals surface area contributed by atoms with Crippen molar-refractivity contribution in [3.05, 3.63) is 127 Å². The van der Waals surface area contributed by atoms with Gasteiger partial charge >= 0.3 is 0 Å². The van der Waals surface area contributed by atoms with Gasteiger partial charge in [-0.25, -0.2) is 0 Å². The second kappa shape index (κ2) is 10.3. The fourth-order valence-electron chi connectivity index (χ4n) is 6.52. The van der Waals surface area contributed by atoms with Gasteiger partial charge in [-0.2, -0.15) is 0 Å². The molecule has 4 nitrogen and oxygen atoms in total. The Bertz CT molecular complexity index is 1340. The van der Waals surface area contributed by atoms with Crippen LogP contribution in [-0.2, 0) is 4.79 Å². The Labute approximate surface area is 219 Å². The number of fused-ring (bicyclic) bond motifs is 4. The minimum absolute atomic E-state index is 0.0335. The molecule has 3 fully saturated rings. The molecule has 1 amide bonds. The number of rotatable bonds is 7. The molecule has 0 aliphatic carbocycles. The van der Waals surface area contributed by atoms with Gasteiger partial charge in [-0.05, 0) is 60.0 Å². The van der Waals surface area contributed by atoms with Crippen LogP contribution in [0.15, 0.2) is 110 Å². The molecule has 5 atom stereocenters. The van der Waals surface area contributed by atoms with Crippen molar-refractivity contribution in [1.29, 1.82) is 0 Å². The zero-order chi connectivity index (χ0) is 25.2. The molecule has 1 N–H and O–H groups in total. The third-order valence-corrected chi connectivity index (χ3v) is 8.38. The first kappa shape index (κ1) is 23.6. The van der Waals surface area contributed by atoms with Gasteiger partial charge in [0.15, 0.2) is 0 Å². The second-order valence-corrected chi connectivity index (χ2v) is 10.4. The highest BCUT2D eigenvalue weighted by Gasteiger charge is 2.43. The van der Waals surface area contributed by atoms with Gasteiger partial charge in [0.05, 0.1) is 17.5 Å². The van der Waals surface area contributed by atoms with E-state index < -0.39 is 0 Å². The molecule has 1 aromatic heterocycles. The summed E-state index contributed by atoms with van der Waals surface area (Å²) in [4.78, 5) is 21.5. The van der Waals surface area contributed by atoms with E-state index in [0.717, 1.165) is 47.1 Å². The lowest BCUT2D eigenvalue weighted by molar-refractivity contribution is -0.123. The molecule has 4 aromatic rings. The molecule has 186 valence electrons. The van der Waals surface area contributed by atoms with Crippen LogP contribution in [0, 0.1) is 11.8 Å². The standard InChI is InChI=1S/C33H33N3O/c1-2-23-22-36-20-18-26(23)21-30(36)32(28-17-19-34-29-16-10-9-15-27(28)29)35-33(37)31(24-11-5-3-6-12-24)25-13-7-4-8-14-25/h2-17,19,23,26,30-32H,1,18,20-22H2,(H,35,37)/t23-,26-,30+,32+/m0/s1. The van der Waals surface area contributed by atoms with Crippen LogP contribution in [0.5, 0.6) is 0 Å². The summed E-state index contributed by atoms with van der Waals surface area (Å²) >= 11 is 0. The first-order valence-electron chi connectivity index (χ1n) is 13.3. The van der Waals surface area contributed by atoms with Crippen LogP contribution in [0.2, 0.25) is 0 Å². The predicted molar refractivity (Wildman–Crippen MR) is 149 cm³/mol. The number of nitrogens with zero attached hydrogens (tertiary/aromatic N) is 2. The summed E-state index contributed by atoms with van der Waals surface area (Å²) in [5.74, 6) is 0.789. The van der Waals surface area contributed by atoms with Gasteiger partial charge in [-0.1, -0.05) is 84.9 Å². The van der Waals surface area contributed by atoms with Crippen LogP contribution < -0.4 is 5.32 Å². The molecule has 3 aromatic carbocycles. The topological polar surface area (TPSA) is 45.2 Å². The smallest absolute Gasteiger partial charge is 0.232 e. The van der Waals surface area contributed by atoms with Crippen LogP contribution in [0.25, 0.3) is 10.9 Å². The maximum absolute atomic E-state index is 14.3. The van der Waals surface area contributed by atoms with Gasteiger partial charge in [0.25, 0.3) is 0 Å². The Morgan fingerprint density at radius 1 is 0.946 bits per heavy atom. The summed E-state index contributed by atoms with van der Waals surface area (Å²) in [6, 6.07) is 30.7. The Kier molecular flexibility index (Phi) is 6.58. The van der Waals surface area contributed by atoms with Crippen LogP contribution in [0.3, 0.4) is 0 Å². The highest BCUT2D eigenvalue weighted by atomic mass is 16.2. The molecule has 7 rings (SSSR count). The number of carbonyl (C=O) groups is 1. The fourth-order valence-corrected chi connectivity index (χ4v) is 6.52. The number of carbonyl (C=O) groups excluding carboxylic acids is 1. The third-order valence-electron chi connectivity index (χ3n) is 8.38. The van der Waals surface area contributed by atoms with E-state index in [1.165, 1.54) is 6.42 Å². The van der Waals surface area contributed by atoms with Crippen LogP contribution >= 0.6 is 0 Å². The summed E-state index contributed by atoms with van der Waals surface area (Å²) in [5, 5.41) is 4.68. The molecule has 4 heterocycles. The van der Waals surface area contributed by atoms with Crippen molar-refractivity contribution in [3.8, 4) is 0 Å². The Hall–Kier alpha value is -3.76. The van der Waals surface area contributed by atoms with Gasteiger partial charge in [-0.3, -0.25) is 14.7 Å². The van der Waals surface area contributed by atoms with Gasteiger partial charge in [0, 0.05) is 24.2 Å². The Morgan fingerprint density at radius 3 is 2.27 bits per heavy atom. The highest BCUT2D eigenvalue weighted by Crippen LogP contribution is 2.42. The molecule has 2 bridgehead atoms. The van der Waals surface area contributed by atoms with Crippen molar-refractivity contribution in [2.75, 3.05) is 13.1 Å². The van der Waals surface area contributed by atoms with E-state index in [1.54, 1.807) is 0 Å². The minimum Gasteiger partial charge on any atom is -0.347 e. The van der Waals surface area contributed by atoms with Gasteiger partial charge in [0.2, 0.25) is 5.91 Å². The SMILES string of the molecule is C=C[C@H]1CN2CC[C@H]1C[C@@H]2[C@H](NC(=O)C(c1ccccc1)c1ccccc1)c1ccnc2ccccc12. The molecular formula is C33H33N3O. The summed E-state index contributed by atoms with van der Waals surface area (Å²) in [6.07, 6.45) is 6.26. The molecule has 0 saturated carbocycles. The van der Waals surface area contributed by atoms with E-state index in [2.05, 4.69) is 76.4 Å². The Morgan fingerprint density at radius 2 is 1.62 bits per heavy atom. The van der Waals surface area contributed by atoms with Crippen LogP contribution in [0.4, 0.5) is 0 Å². The molecule has 0 radical (unpaired) electrons. The number of aromatic nitrogens is 1. The average molecular weight is 488 g/mol. The maximum atomic E-state index is 14.3. The molecule has 4 heteroatoms. The molecule has 1 unspecified atom stereocenters. The van der Waals surface area contributed by atoms with E-state index >= 15 is 0 Å². The largest absolute Gasteiger partial charge is 0.347 e. The zero-order valence-corrected chi connectivity index (χ0v) is 21.0. The number of piperidine rings is 3. The molecule has 3 aliphatic rings. The van der Waals surface area contributed by atoms with E-state index in [9.17, 15) is 4.79 Å². The number of pyridine rings is 1. The van der Waals surface area contributed by atoms with Crippen LogP contribution in [-0.4, -0.2) is 34.9 Å². The zero-order valence-electron chi connectivity index (χ0n) is 21.0. The minimum atomic E-state index is -0.380. The molecular weight excluding hydrogens is 454 g/mol. The maximum Gasteiger partial charge on any atom is 0.232 e. The first-order chi connectivity index (χ1) is 18.2. The van der Waals surface area contributed by atoms with Crippen molar-refractivity contribution in [2.24, 2.45) is 11.8 Å². The lowest BCUT2D eigenvalue weighted by atomic mass is 9.73. The first-order valence-corrected chi connectivity index (χ1v) is 13.3. The number of amides is 1. The second-order valence-electron chi connectivity index (χ2n) is 10.4. The lowest BCUT2D eigenvalue weighted by Crippen LogP contribution is -2.57. The predicted octanol–water partition coefficient (Wildman–Crippen LogP) is 6.12. The summed E-state index contributed by atoms with van der Waals surface area (Å²) in [5.41, 5.74) is 4.11. The van der Waals surface area contributed by atoms with Gasteiger partial charge < -0.3 is 5.32 Å². The molecule has 3 saturated heterocycles. The number of nitrogens with one attached hydrogen (secondary N) is 1. The number of benzene rings is 3. The monoisotopic (exact) mass is 487 g/mol. The highest BCUT2D eigenvalue weighted by molar-refractivity contribution is 5.89. The number of para-hydroxylation sites is 1. The average Bonchev–Trinajstić information content (AvgIpc) is 2.97. The van der Waals surface area contributed by atoms with E-state index in [1.807, 2.05) is 48.7 Å². The van der Waals surface area contributed by atoms with Crippen molar-refractivity contribution in [3.63, 3.8) is 0 Å².